The lowest BCUT2D eigenvalue weighted by Crippen LogP contribution is -1.75. The molecule has 3 rings (SSSR count). The minimum atomic E-state index is 0. The maximum absolute atomic E-state index is 7.00. The van der Waals surface area contributed by atoms with Crippen LogP contribution in [0.4, 0.5) is 0 Å². The van der Waals surface area contributed by atoms with Crippen molar-refractivity contribution in [3.05, 3.63) is 36.4 Å². The zero-order valence-electron chi connectivity index (χ0n) is 5.94. The highest BCUT2D eigenvalue weighted by Gasteiger charge is 1.84. The minimum Gasteiger partial charge on any atom is -0.429 e. The van der Waals surface area contributed by atoms with Gasteiger partial charge in [0.05, 0.1) is 0 Å². The molecule has 3 aromatic rings. The van der Waals surface area contributed by atoms with Crippen LogP contribution in [0, 0.1) is 0 Å². The molecular formula is C8H8BO2. The lowest BCUT2D eigenvalue weighted by Gasteiger charge is -1.92. The monoisotopic (exact) mass is 147 g/mol. The SMILES string of the molecule is O[B]O.c1cc2ccc1cc2. The zero-order valence-corrected chi connectivity index (χ0v) is 5.94. The molecule has 0 atom stereocenters. The third-order valence-electron chi connectivity index (χ3n) is 1.40. The lowest BCUT2D eigenvalue weighted by atomic mass is 10.1. The van der Waals surface area contributed by atoms with Crippen molar-refractivity contribution < 1.29 is 10.0 Å². The van der Waals surface area contributed by atoms with Gasteiger partial charge in [0, 0.05) is 0 Å². The molecule has 2 N–H and O–H groups in total. The number of benzene rings is 3. The van der Waals surface area contributed by atoms with Crippen molar-refractivity contribution in [1.82, 2.24) is 0 Å². The average Bonchev–Trinajstić information content (AvgIpc) is 2.09. The van der Waals surface area contributed by atoms with Crippen molar-refractivity contribution in [3.8, 4) is 0 Å². The summed E-state index contributed by atoms with van der Waals surface area (Å²) < 4.78 is 0. The Morgan fingerprint density at radius 1 is 0.727 bits per heavy atom. The molecule has 0 aliphatic heterocycles. The van der Waals surface area contributed by atoms with Gasteiger partial charge in [-0.1, -0.05) is 36.4 Å². The van der Waals surface area contributed by atoms with Gasteiger partial charge in [0.1, 0.15) is 0 Å². The highest BCUT2D eigenvalue weighted by Crippen LogP contribution is 2.09. The first kappa shape index (κ1) is 8.05. The summed E-state index contributed by atoms with van der Waals surface area (Å²) in [5.74, 6) is 0. The van der Waals surface area contributed by atoms with Gasteiger partial charge in [0.15, 0.2) is 0 Å². The fourth-order valence-electron chi connectivity index (χ4n) is 0.911. The first-order chi connectivity index (χ1) is 5.36. The molecule has 11 heavy (non-hydrogen) atoms. The smallest absolute Gasteiger partial charge is 0.429 e. The number of hydrogen-bond acceptors (Lipinski definition) is 2. The van der Waals surface area contributed by atoms with Crippen LogP contribution in [0.3, 0.4) is 0 Å². The van der Waals surface area contributed by atoms with Crippen LogP contribution >= 0.6 is 0 Å². The molecule has 0 unspecified atom stereocenters. The van der Waals surface area contributed by atoms with Crippen molar-refractivity contribution in [2.75, 3.05) is 0 Å². The standard InChI is InChI=1S/C8H6.BH2O2/c1-2-8-5-3-7(1)4-6-8;2-1-3/h1-6H;2-3H. The van der Waals surface area contributed by atoms with E-state index < -0.39 is 0 Å². The molecule has 3 aromatic carbocycles. The molecular weight excluding hydrogens is 139 g/mol. The molecule has 1 radical (unpaired) electrons. The van der Waals surface area contributed by atoms with Crippen LogP contribution in [0.2, 0.25) is 0 Å². The molecule has 0 saturated carbocycles. The summed E-state index contributed by atoms with van der Waals surface area (Å²) in [5.41, 5.74) is 0. The molecule has 0 spiro atoms. The van der Waals surface area contributed by atoms with E-state index in [-0.39, 0.29) is 7.69 Å². The second-order valence-electron chi connectivity index (χ2n) is 2.12. The second-order valence-corrected chi connectivity index (χ2v) is 2.12. The molecule has 3 heteroatoms. The van der Waals surface area contributed by atoms with Gasteiger partial charge >= 0.3 is 7.69 Å². The highest BCUT2D eigenvalue weighted by molar-refractivity contribution is 6.13. The van der Waals surface area contributed by atoms with E-state index in [2.05, 4.69) is 36.4 Å². The second kappa shape index (κ2) is 3.96. The van der Waals surface area contributed by atoms with E-state index in [1.54, 1.807) is 0 Å². The summed E-state index contributed by atoms with van der Waals surface area (Å²) in [6.45, 7) is 0. The molecule has 55 valence electrons. The van der Waals surface area contributed by atoms with Crippen molar-refractivity contribution in [2.45, 2.75) is 0 Å². The normalized spacial score (nSPS) is 8.91. The van der Waals surface area contributed by atoms with E-state index in [9.17, 15) is 0 Å². The first-order valence-corrected chi connectivity index (χ1v) is 3.25. The summed E-state index contributed by atoms with van der Waals surface area (Å²) in [5, 5.41) is 16.6. The maximum atomic E-state index is 7.00. The van der Waals surface area contributed by atoms with Crippen LogP contribution in [0.1, 0.15) is 0 Å². The van der Waals surface area contributed by atoms with Crippen molar-refractivity contribution in [2.24, 2.45) is 0 Å². The third-order valence-corrected chi connectivity index (χ3v) is 1.40. The van der Waals surface area contributed by atoms with Gasteiger partial charge in [-0.2, -0.15) is 0 Å². The van der Waals surface area contributed by atoms with E-state index in [0.717, 1.165) is 0 Å². The number of rotatable bonds is 0. The Kier molecular flexibility index (Phi) is 2.89. The highest BCUT2D eigenvalue weighted by atomic mass is 16.4. The van der Waals surface area contributed by atoms with E-state index in [1.165, 1.54) is 10.8 Å². The fraction of sp³-hybridized carbons (Fsp3) is 0. The Morgan fingerprint density at radius 3 is 1.00 bits per heavy atom. The Morgan fingerprint density at radius 2 is 0.909 bits per heavy atom. The van der Waals surface area contributed by atoms with Crippen LogP contribution in [-0.4, -0.2) is 17.7 Å². The van der Waals surface area contributed by atoms with Gasteiger partial charge < -0.3 is 10.0 Å². The largest absolute Gasteiger partial charge is 0.482 e. The minimum absolute atomic E-state index is 0. The molecule has 0 aliphatic rings. The molecule has 0 aromatic heterocycles. The predicted molar refractivity (Wildman–Crippen MR) is 45.3 cm³/mol. The maximum Gasteiger partial charge on any atom is 0.482 e. The van der Waals surface area contributed by atoms with Gasteiger partial charge in [-0.25, -0.2) is 0 Å². The first-order valence-electron chi connectivity index (χ1n) is 3.25. The Bertz CT molecular complexity index is 220. The van der Waals surface area contributed by atoms with Crippen molar-refractivity contribution in [3.63, 3.8) is 0 Å². The Balaban J connectivity index is 0.000000179. The van der Waals surface area contributed by atoms with Crippen LogP contribution < -0.4 is 0 Å². The molecule has 0 fully saturated rings. The fourth-order valence-corrected chi connectivity index (χ4v) is 0.911. The summed E-state index contributed by atoms with van der Waals surface area (Å²) in [7, 11) is 0. The molecule has 0 heterocycles. The summed E-state index contributed by atoms with van der Waals surface area (Å²) >= 11 is 0. The van der Waals surface area contributed by atoms with Gasteiger partial charge in [-0.3, -0.25) is 0 Å². The lowest BCUT2D eigenvalue weighted by molar-refractivity contribution is 0.448. The van der Waals surface area contributed by atoms with Gasteiger partial charge in [-0.15, -0.1) is 0 Å². The molecule has 2 bridgehead atoms. The van der Waals surface area contributed by atoms with Crippen LogP contribution in [0.25, 0.3) is 10.8 Å². The summed E-state index contributed by atoms with van der Waals surface area (Å²) in [6, 6.07) is 12.7. The van der Waals surface area contributed by atoms with E-state index in [4.69, 9.17) is 10.0 Å². The zero-order chi connectivity index (χ0) is 8.10. The van der Waals surface area contributed by atoms with Crippen LogP contribution in [0.15, 0.2) is 36.4 Å². The predicted octanol–water partition coefficient (Wildman–Crippen LogP) is 0.783. The Hall–Kier alpha value is -1.06. The number of fused-ring (bicyclic) bond motifs is 3. The van der Waals surface area contributed by atoms with E-state index in [0.29, 0.717) is 0 Å². The quantitative estimate of drug-likeness (QED) is 0.540. The molecule has 0 aliphatic carbocycles. The van der Waals surface area contributed by atoms with E-state index >= 15 is 0 Å². The summed E-state index contributed by atoms with van der Waals surface area (Å²) in [6.07, 6.45) is 0. The Labute approximate surface area is 65.7 Å². The van der Waals surface area contributed by atoms with Gasteiger partial charge in [0.25, 0.3) is 0 Å². The average molecular weight is 147 g/mol. The van der Waals surface area contributed by atoms with E-state index in [1.807, 2.05) is 0 Å². The molecule has 2 nitrogen and oxygen atoms in total. The van der Waals surface area contributed by atoms with Gasteiger partial charge in [0.2, 0.25) is 0 Å². The number of hydrogen-bond donors (Lipinski definition) is 2. The molecule has 0 saturated heterocycles. The van der Waals surface area contributed by atoms with Crippen molar-refractivity contribution in [1.29, 1.82) is 0 Å². The van der Waals surface area contributed by atoms with Gasteiger partial charge in [-0.05, 0) is 10.8 Å². The van der Waals surface area contributed by atoms with Crippen LogP contribution in [0.5, 0.6) is 0 Å². The topological polar surface area (TPSA) is 40.5 Å². The molecule has 0 amide bonds. The summed E-state index contributed by atoms with van der Waals surface area (Å²) in [4.78, 5) is 0. The van der Waals surface area contributed by atoms with Crippen molar-refractivity contribution >= 4 is 18.5 Å². The third kappa shape index (κ3) is 2.22. The van der Waals surface area contributed by atoms with Crippen LogP contribution in [-0.2, 0) is 0 Å².